The lowest BCUT2D eigenvalue weighted by atomic mass is 10.3. The van der Waals surface area contributed by atoms with Crippen molar-refractivity contribution in [2.24, 2.45) is 10.2 Å². The van der Waals surface area contributed by atoms with E-state index in [4.69, 9.17) is 0 Å². The highest BCUT2D eigenvalue weighted by atomic mass is 32.2. The van der Waals surface area contributed by atoms with Crippen molar-refractivity contribution in [2.45, 2.75) is 11.2 Å². The van der Waals surface area contributed by atoms with Gasteiger partial charge in [-0.25, -0.2) is 10.0 Å². The molecule has 1 aromatic heterocycles. The van der Waals surface area contributed by atoms with Gasteiger partial charge in [-0.1, -0.05) is 11.8 Å². The first-order valence-corrected chi connectivity index (χ1v) is 11.8. The van der Waals surface area contributed by atoms with Crippen LogP contribution < -0.4 is 0 Å². The van der Waals surface area contributed by atoms with Gasteiger partial charge in [-0.2, -0.15) is 38.0 Å². The fourth-order valence-corrected chi connectivity index (χ4v) is 3.74. The zero-order valence-corrected chi connectivity index (χ0v) is 16.8. The molecule has 0 spiro atoms. The molecular weight excluding hydrogens is 388 g/mol. The van der Waals surface area contributed by atoms with E-state index in [2.05, 4.69) is 19.6 Å². The number of hydrogen-bond acceptors (Lipinski definition) is 10. The van der Waals surface area contributed by atoms with Crippen LogP contribution in [0.25, 0.3) is 0 Å². The van der Waals surface area contributed by atoms with Crippen molar-refractivity contribution < 1.29 is 9.59 Å². The van der Waals surface area contributed by atoms with Crippen LogP contribution in [0.5, 0.6) is 0 Å². The molecule has 1 saturated heterocycles. The quantitative estimate of drug-likeness (QED) is 0.352. The number of hydrazine groups is 1. The lowest BCUT2D eigenvalue weighted by molar-refractivity contribution is -0.145. The zero-order chi connectivity index (χ0) is 17.5. The van der Waals surface area contributed by atoms with E-state index < -0.39 is 6.04 Å². The molecule has 1 fully saturated rings. The number of amides is 2. The van der Waals surface area contributed by atoms with Crippen molar-refractivity contribution in [2.75, 3.05) is 43.4 Å². The van der Waals surface area contributed by atoms with E-state index in [1.807, 2.05) is 18.8 Å². The highest BCUT2D eigenvalue weighted by Crippen LogP contribution is 2.23. The molecule has 132 valence electrons. The van der Waals surface area contributed by atoms with Gasteiger partial charge in [0.05, 0.1) is 13.1 Å². The summed E-state index contributed by atoms with van der Waals surface area (Å²) in [4.78, 5) is 29.2. The van der Waals surface area contributed by atoms with Crippen molar-refractivity contribution in [1.82, 2.24) is 19.4 Å². The lowest BCUT2D eigenvalue weighted by Gasteiger charge is -2.26. The van der Waals surface area contributed by atoms with E-state index in [1.54, 1.807) is 23.5 Å². The van der Waals surface area contributed by atoms with Gasteiger partial charge in [-0.3, -0.25) is 9.59 Å². The van der Waals surface area contributed by atoms with Crippen molar-refractivity contribution >= 4 is 63.8 Å². The first-order chi connectivity index (χ1) is 11.6. The standard InChI is InChI=1S/C12H18N6O2S4/c1-21-6-4-17-9(19)8(10(20)18(17)5-7-22-2)14-15-11-13-12(23-3)16-24-11/h8H,4-7H2,1-3H3. The van der Waals surface area contributed by atoms with E-state index in [0.717, 1.165) is 23.0 Å². The average Bonchev–Trinajstić information content (AvgIpc) is 3.13. The SMILES string of the molecule is CSCCN1C(=O)C(N=Nc2nc(SC)ns2)C(=O)N1CCSC. The third kappa shape index (κ3) is 4.61. The molecule has 24 heavy (non-hydrogen) atoms. The summed E-state index contributed by atoms with van der Waals surface area (Å²) in [5.74, 6) is 0.861. The molecule has 8 nitrogen and oxygen atoms in total. The number of carbonyl (C=O) groups excluding carboxylic acids is 2. The molecule has 0 atom stereocenters. The van der Waals surface area contributed by atoms with Gasteiger partial charge >= 0.3 is 0 Å². The van der Waals surface area contributed by atoms with Crippen LogP contribution in [0.3, 0.4) is 0 Å². The summed E-state index contributed by atoms with van der Waals surface area (Å²) in [5.41, 5.74) is 0. The molecule has 0 bridgehead atoms. The van der Waals surface area contributed by atoms with E-state index >= 15 is 0 Å². The number of rotatable bonds is 9. The molecule has 1 aliphatic rings. The van der Waals surface area contributed by atoms with Crippen LogP contribution in [0.2, 0.25) is 0 Å². The van der Waals surface area contributed by atoms with E-state index in [-0.39, 0.29) is 11.8 Å². The van der Waals surface area contributed by atoms with Gasteiger partial charge < -0.3 is 0 Å². The Labute approximate surface area is 157 Å². The molecule has 2 rings (SSSR count). The Morgan fingerprint density at radius 2 is 1.67 bits per heavy atom. The summed E-state index contributed by atoms with van der Waals surface area (Å²) in [6.07, 6.45) is 5.79. The zero-order valence-electron chi connectivity index (χ0n) is 13.5. The van der Waals surface area contributed by atoms with Gasteiger partial charge in [0.25, 0.3) is 11.8 Å². The second-order valence-corrected chi connectivity index (χ2v) is 8.06. The predicted molar refractivity (Wildman–Crippen MR) is 100 cm³/mol. The molecule has 1 aliphatic heterocycles. The Hall–Kier alpha value is -0.850. The summed E-state index contributed by atoms with van der Waals surface area (Å²) >= 11 is 5.74. The summed E-state index contributed by atoms with van der Waals surface area (Å²) in [6, 6.07) is -1.12. The number of carbonyl (C=O) groups is 2. The number of azo groups is 1. The highest BCUT2D eigenvalue weighted by Gasteiger charge is 2.45. The summed E-state index contributed by atoms with van der Waals surface area (Å²) in [5, 5.41) is 11.8. The topological polar surface area (TPSA) is 91.1 Å². The predicted octanol–water partition coefficient (Wildman–Crippen LogP) is 2.02. The normalized spacial score (nSPS) is 16.1. The second kappa shape index (κ2) is 9.59. The Morgan fingerprint density at radius 3 is 2.12 bits per heavy atom. The molecule has 2 heterocycles. The van der Waals surface area contributed by atoms with Crippen molar-refractivity contribution in [1.29, 1.82) is 0 Å². The third-order valence-electron chi connectivity index (χ3n) is 3.12. The van der Waals surface area contributed by atoms with Crippen molar-refractivity contribution in [3.63, 3.8) is 0 Å². The summed E-state index contributed by atoms with van der Waals surface area (Å²) in [6.45, 7) is 0.975. The van der Waals surface area contributed by atoms with Crippen molar-refractivity contribution in [3.8, 4) is 0 Å². The minimum Gasteiger partial charge on any atom is -0.270 e. The summed E-state index contributed by atoms with van der Waals surface area (Å²) < 4.78 is 4.07. The van der Waals surface area contributed by atoms with Crippen LogP contribution in [-0.4, -0.2) is 80.6 Å². The molecule has 0 unspecified atom stereocenters. The van der Waals surface area contributed by atoms with Gasteiger partial charge in [0.2, 0.25) is 16.3 Å². The molecule has 0 radical (unpaired) electrons. The molecule has 1 aromatic rings. The van der Waals surface area contributed by atoms with Crippen molar-refractivity contribution in [3.05, 3.63) is 0 Å². The van der Waals surface area contributed by atoms with Gasteiger partial charge in [0.1, 0.15) is 0 Å². The Balaban J connectivity index is 2.13. The maximum Gasteiger partial charge on any atom is 0.277 e. The van der Waals surface area contributed by atoms with Crippen LogP contribution >= 0.6 is 46.8 Å². The maximum absolute atomic E-state index is 12.5. The smallest absolute Gasteiger partial charge is 0.270 e. The van der Waals surface area contributed by atoms with Gasteiger partial charge in [-0.15, -0.1) is 5.11 Å². The fraction of sp³-hybridized carbons (Fsp3) is 0.667. The lowest BCUT2D eigenvalue weighted by Crippen LogP contribution is -2.43. The molecule has 0 aromatic carbocycles. The molecular formula is C12H18N6O2S4. The molecule has 0 aliphatic carbocycles. The number of thioether (sulfide) groups is 3. The van der Waals surface area contributed by atoms with E-state index in [0.29, 0.717) is 23.4 Å². The minimum atomic E-state index is -1.12. The van der Waals surface area contributed by atoms with Gasteiger partial charge in [-0.05, 0) is 18.8 Å². The van der Waals surface area contributed by atoms with Crippen LogP contribution in [0.1, 0.15) is 0 Å². The van der Waals surface area contributed by atoms with Crippen LogP contribution in [0, 0.1) is 0 Å². The molecule has 0 saturated carbocycles. The molecule has 2 amide bonds. The van der Waals surface area contributed by atoms with Crippen LogP contribution in [0.4, 0.5) is 5.13 Å². The van der Waals surface area contributed by atoms with Crippen LogP contribution in [-0.2, 0) is 9.59 Å². The number of nitrogens with zero attached hydrogens (tertiary/aromatic N) is 6. The Bertz CT molecular complexity index is 584. The van der Waals surface area contributed by atoms with Gasteiger partial charge in [0, 0.05) is 23.0 Å². The monoisotopic (exact) mass is 406 g/mol. The second-order valence-electron chi connectivity index (χ2n) is 4.59. The molecule has 0 N–H and O–H groups in total. The number of hydrogen-bond donors (Lipinski definition) is 0. The Morgan fingerprint density at radius 1 is 1.08 bits per heavy atom. The minimum absolute atomic E-state index is 0.325. The summed E-state index contributed by atoms with van der Waals surface area (Å²) in [7, 11) is 0. The fourth-order valence-electron chi connectivity index (χ4n) is 1.98. The van der Waals surface area contributed by atoms with E-state index in [9.17, 15) is 9.59 Å². The first kappa shape index (κ1) is 19.5. The molecule has 12 heteroatoms. The largest absolute Gasteiger partial charge is 0.277 e. The maximum atomic E-state index is 12.5. The van der Waals surface area contributed by atoms with Crippen LogP contribution in [0.15, 0.2) is 15.4 Å². The Kier molecular flexibility index (Phi) is 7.78. The average molecular weight is 407 g/mol. The van der Waals surface area contributed by atoms with Gasteiger partial charge in [0.15, 0.2) is 0 Å². The number of aromatic nitrogens is 2. The first-order valence-electron chi connectivity index (χ1n) is 7.01. The third-order valence-corrected chi connectivity index (χ3v) is 5.57. The highest BCUT2D eigenvalue weighted by molar-refractivity contribution is 7.99. The van der Waals surface area contributed by atoms with E-state index in [1.165, 1.54) is 21.8 Å².